The van der Waals surface area contributed by atoms with E-state index < -0.39 is 0 Å². The van der Waals surface area contributed by atoms with Crippen LogP contribution >= 0.6 is 0 Å². The molecule has 2 aromatic heterocycles. The highest BCUT2D eigenvalue weighted by Gasteiger charge is 2.12. The van der Waals surface area contributed by atoms with Crippen LogP contribution in [0.1, 0.15) is 51.5 Å². The number of furan rings is 2. The lowest BCUT2D eigenvalue weighted by atomic mass is 10.1. The molecule has 0 radical (unpaired) electrons. The van der Waals surface area contributed by atoms with Gasteiger partial charge in [-0.05, 0) is 49.2 Å². The summed E-state index contributed by atoms with van der Waals surface area (Å²) in [6, 6.07) is 10.9. The first-order chi connectivity index (χ1) is 15.1. The van der Waals surface area contributed by atoms with E-state index >= 15 is 0 Å². The normalized spacial score (nSPS) is 11.2. The fourth-order valence-electron chi connectivity index (χ4n) is 3.85. The fourth-order valence-corrected chi connectivity index (χ4v) is 3.85. The lowest BCUT2D eigenvalue weighted by Gasteiger charge is -2.01. The largest absolute Gasteiger partial charge is 0.493 e. The minimum Gasteiger partial charge on any atom is -0.493 e. The van der Waals surface area contributed by atoms with Crippen LogP contribution in [-0.2, 0) is 12.8 Å². The maximum Gasteiger partial charge on any atom is 0.176 e. The fraction of sp³-hybridized carbons (Fsp3) is 0.280. The highest BCUT2D eigenvalue weighted by atomic mass is 16.5. The molecule has 0 aliphatic carbocycles. The van der Waals surface area contributed by atoms with Gasteiger partial charge in [0.2, 0.25) is 0 Å². The zero-order chi connectivity index (χ0) is 21.8. The number of ether oxygens (including phenoxy) is 2. The van der Waals surface area contributed by atoms with Crippen LogP contribution in [0.5, 0.6) is 11.5 Å². The van der Waals surface area contributed by atoms with Crippen LogP contribution in [0.15, 0.2) is 45.2 Å². The van der Waals surface area contributed by atoms with Crippen molar-refractivity contribution in [3.05, 3.63) is 59.0 Å². The minimum atomic E-state index is 0.569. The Morgan fingerprint density at radius 3 is 1.52 bits per heavy atom. The average molecular weight is 420 g/mol. The SMILES string of the molecule is COc1cc(C=O)cc2cc(CCCCCc3cc4cc(C=O)cc(OC)c4o3)oc12. The van der Waals surface area contributed by atoms with Gasteiger partial charge < -0.3 is 18.3 Å². The van der Waals surface area contributed by atoms with Gasteiger partial charge in [-0.1, -0.05) is 6.42 Å². The van der Waals surface area contributed by atoms with E-state index in [2.05, 4.69) is 0 Å². The molecule has 0 N–H and O–H groups in total. The molecule has 6 nitrogen and oxygen atoms in total. The Morgan fingerprint density at radius 1 is 0.677 bits per heavy atom. The van der Waals surface area contributed by atoms with Crippen molar-refractivity contribution in [1.29, 1.82) is 0 Å². The van der Waals surface area contributed by atoms with Crippen LogP contribution in [0.25, 0.3) is 21.9 Å². The summed E-state index contributed by atoms with van der Waals surface area (Å²) in [4.78, 5) is 22.2. The summed E-state index contributed by atoms with van der Waals surface area (Å²) in [6.45, 7) is 0. The van der Waals surface area contributed by atoms with Gasteiger partial charge in [0.25, 0.3) is 0 Å². The number of carbonyl (C=O) groups excluding carboxylic acids is 2. The van der Waals surface area contributed by atoms with Gasteiger partial charge in [0.15, 0.2) is 22.7 Å². The molecule has 2 heterocycles. The number of benzene rings is 2. The molecule has 0 saturated heterocycles. The highest BCUT2D eigenvalue weighted by molar-refractivity contribution is 5.91. The zero-order valence-corrected chi connectivity index (χ0v) is 17.6. The molecular formula is C25H24O6. The van der Waals surface area contributed by atoms with E-state index in [-0.39, 0.29) is 0 Å². The van der Waals surface area contributed by atoms with E-state index in [1.54, 1.807) is 26.4 Å². The first-order valence-electron chi connectivity index (χ1n) is 10.3. The molecule has 0 bridgehead atoms. The molecule has 0 aliphatic rings. The lowest BCUT2D eigenvalue weighted by molar-refractivity contribution is 0.111. The Balaban J connectivity index is 1.35. The Hall–Kier alpha value is -3.54. The van der Waals surface area contributed by atoms with Crippen LogP contribution in [0.2, 0.25) is 0 Å². The third-order valence-electron chi connectivity index (χ3n) is 5.37. The van der Waals surface area contributed by atoms with Gasteiger partial charge in [0.1, 0.15) is 24.1 Å². The number of unbranched alkanes of at least 4 members (excludes halogenated alkanes) is 2. The van der Waals surface area contributed by atoms with Gasteiger partial charge >= 0.3 is 0 Å². The van der Waals surface area contributed by atoms with E-state index in [1.165, 1.54) is 0 Å². The first-order valence-corrected chi connectivity index (χ1v) is 10.3. The highest BCUT2D eigenvalue weighted by Crippen LogP contribution is 2.32. The second-order valence-corrected chi connectivity index (χ2v) is 7.50. The third kappa shape index (κ3) is 4.33. The van der Waals surface area contributed by atoms with E-state index in [0.29, 0.717) is 33.8 Å². The van der Waals surface area contributed by atoms with Crippen molar-refractivity contribution in [2.75, 3.05) is 14.2 Å². The van der Waals surface area contributed by atoms with Gasteiger partial charge in [-0.15, -0.1) is 0 Å². The molecule has 31 heavy (non-hydrogen) atoms. The molecule has 4 rings (SSSR count). The monoisotopic (exact) mass is 420 g/mol. The molecule has 0 fully saturated rings. The van der Waals surface area contributed by atoms with E-state index in [9.17, 15) is 9.59 Å². The number of hydrogen-bond acceptors (Lipinski definition) is 6. The summed E-state index contributed by atoms with van der Waals surface area (Å²) in [5, 5.41) is 1.75. The molecule has 0 unspecified atom stereocenters. The van der Waals surface area contributed by atoms with Crippen molar-refractivity contribution in [1.82, 2.24) is 0 Å². The molecule has 0 saturated carbocycles. The molecule has 2 aromatic carbocycles. The number of methoxy groups -OCH3 is 2. The van der Waals surface area contributed by atoms with Crippen molar-refractivity contribution in [3.8, 4) is 11.5 Å². The third-order valence-corrected chi connectivity index (χ3v) is 5.37. The number of aryl methyl sites for hydroxylation is 2. The Kier molecular flexibility index (Phi) is 6.07. The smallest absolute Gasteiger partial charge is 0.176 e. The molecule has 0 spiro atoms. The quantitative estimate of drug-likeness (QED) is 0.239. The minimum absolute atomic E-state index is 0.569. The summed E-state index contributed by atoms with van der Waals surface area (Å²) in [7, 11) is 3.14. The Morgan fingerprint density at radius 2 is 1.13 bits per heavy atom. The molecule has 0 amide bonds. The van der Waals surface area contributed by atoms with E-state index in [1.807, 2.05) is 24.3 Å². The molecular weight excluding hydrogens is 396 g/mol. The number of rotatable bonds is 10. The van der Waals surface area contributed by atoms with Crippen molar-refractivity contribution < 1.29 is 27.9 Å². The molecule has 0 atom stereocenters. The Labute approximate surface area is 179 Å². The van der Waals surface area contributed by atoms with Crippen molar-refractivity contribution in [2.24, 2.45) is 0 Å². The molecule has 160 valence electrons. The van der Waals surface area contributed by atoms with Gasteiger partial charge in [0.05, 0.1) is 14.2 Å². The number of aldehydes is 2. The summed E-state index contributed by atoms with van der Waals surface area (Å²) in [5.74, 6) is 2.91. The van der Waals surface area contributed by atoms with Crippen LogP contribution < -0.4 is 9.47 Å². The second kappa shape index (κ2) is 9.08. The van der Waals surface area contributed by atoms with E-state index in [0.717, 1.165) is 67.0 Å². The summed E-state index contributed by atoms with van der Waals surface area (Å²) < 4.78 is 22.6. The van der Waals surface area contributed by atoms with Gasteiger partial charge in [-0.3, -0.25) is 9.59 Å². The van der Waals surface area contributed by atoms with Crippen LogP contribution in [0, 0.1) is 0 Å². The number of hydrogen-bond donors (Lipinski definition) is 0. The van der Waals surface area contributed by atoms with Crippen molar-refractivity contribution in [2.45, 2.75) is 32.1 Å². The maximum atomic E-state index is 11.1. The van der Waals surface area contributed by atoms with Gasteiger partial charge in [0, 0.05) is 34.7 Å². The zero-order valence-electron chi connectivity index (χ0n) is 17.6. The lowest BCUT2D eigenvalue weighted by Crippen LogP contribution is -1.87. The predicted octanol–water partition coefficient (Wildman–Crippen LogP) is 5.78. The predicted molar refractivity (Wildman–Crippen MR) is 118 cm³/mol. The average Bonchev–Trinajstić information content (AvgIpc) is 3.40. The van der Waals surface area contributed by atoms with Crippen molar-refractivity contribution >= 4 is 34.5 Å². The number of fused-ring (bicyclic) bond motifs is 2. The second-order valence-electron chi connectivity index (χ2n) is 7.50. The number of carbonyl (C=O) groups is 2. The van der Waals surface area contributed by atoms with E-state index in [4.69, 9.17) is 18.3 Å². The van der Waals surface area contributed by atoms with Crippen LogP contribution in [0.3, 0.4) is 0 Å². The molecule has 6 heteroatoms. The first kappa shape index (κ1) is 20.7. The standard InChI is InChI=1S/C25H24O6/c1-28-22-10-16(14-26)8-18-12-20(30-24(18)22)6-4-3-5-7-21-13-19-9-17(15-27)11-23(29-2)25(19)31-21/h8-15H,3-7H2,1-2H3. The van der Waals surface area contributed by atoms with Crippen LogP contribution in [-0.4, -0.2) is 26.8 Å². The Bertz CT molecular complexity index is 1130. The maximum absolute atomic E-state index is 11.1. The van der Waals surface area contributed by atoms with Crippen molar-refractivity contribution in [3.63, 3.8) is 0 Å². The summed E-state index contributed by atoms with van der Waals surface area (Å²) in [6.07, 6.45) is 6.20. The molecule has 0 aliphatic heterocycles. The van der Waals surface area contributed by atoms with Gasteiger partial charge in [-0.2, -0.15) is 0 Å². The summed E-state index contributed by atoms with van der Waals surface area (Å²) in [5.41, 5.74) is 2.49. The van der Waals surface area contributed by atoms with Crippen LogP contribution in [0.4, 0.5) is 0 Å². The van der Waals surface area contributed by atoms with Gasteiger partial charge in [-0.25, -0.2) is 0 Å². The molecule has 4 aromatic rings. The summed E-state index contributed by atoms with van der Waals surface area (Å²) >= 11 is 0. The topological polar surface area (TPSA) is 78.9 Å².